The third kappa shape index (κ3) is 11.3. The van der Waals surface area contributed by atoms with E-state index in [4.69, 9.17) is 13.7 Å². The normalized spacial score (nSPS) is 13.2. The molecule has 0 aromatic heterocycles. The van der Waals surface area contributed by atoms with Crippen LogP contribution in [0.4, 0.5) is 4.79 Å². The monoisotopic (exact) mass is 565 g/mol. The fourth-order valence-corrected chi connectivity index (χ4v) is 4.36. The van der Waals surface area contributed by atoms with E-state index in [9.17, 15) is 33.0 Å². The zero-order valence-corrected chi connectivity index (χ0v) is 23.2. The van der Waals surface area contributed by atoms with Crippen molar-refractivity contribution < 1.29 is 46.7 Å². The van der Waals surface area contributed by atoms with Crippen LogP contribution in [-0.4, -0.2) is 61.5 Å². The van der Waals surface area contributed by atoms with Crippen LogP contribution < -0.4 is 10.1 Å². The average Bonchev–Trinajstić information content (AvgIpc) is 2.83. The Bertz CT molecular complexity index is 1220. The first-order valence-corrected chi connectivity index (χ1v) is 13.7. The van der Waals surface area contributed by atoms with Gasteiger partial charge in [0.25, 0.3) is 10.1 Å². The lowest BCUT2D eigenvalue weighted by atomic mass is 9.93. The molecule has 2 atom stereocenters. The van der Waals surface area contributed by atoms with Crippen molar-refractivity contribution >= 4 is 28.1 Å². The lowest BCUT2D eigenvalue weighted by Gasteiger charge is -2.22. The van der Waals surface area contributed by atoms with Crippen molar-refractivity contribution in [1.29, 1.82) is 0 Å². The molecule has 12 heteroatoms. The molecule has 214 valence electrons. The number of ether oxygens (including phenoxy) is 2. The van der Waals surface area contributed by atoms with Crippen LogP contribution in [0.15, 0.2) is 53.4 Å². The minimum atomic E-state index is -3.89. The number of carboxylic acids is 2. The Balaban J connectivity index is 1.86. The molecule has 0 fully saturated rings. The first-order valence-electron chi connectivity index (χ1n) is 12.3. The molecule has 2 aromatic carbocycles. The maximum Gasteiger partial charge on any atom is 0.408 e. The Labute approximate surface area is 228 Å². The Morgan fingerprint density at radius 1 is 0.897 bits per heavy atom. The SMILES string of the molecule is Cc1ccc(S(=O)(=O)OCCOc2ccc(CC(CCC(NC(=O)OC(C)(C)C)C(=O)O)C(=O)O)cc2)cc1. The van der Waals surface area contributed by atoms with Crippen molar-refractivity contribution in [3.63, 3.8) is 0 Å². The van der Waals surface area contributed by atoms with Gasteiger partial charge in [-0.2, -0.15) is 8.42 Å². The first kappa shape index (κ1) is 31.6. The van der Waals surface area contributed by atoms with Crippen LogP contribution in [0.5, 0.6) is 5.75 Å². The van der Waals surface area contributed by atoms with Gasteiger partial charge in [0.05, 0.1) is 10.8 Å². The van der Waals surface area contributed by atoms with E-state index >= 15 is 0 Å². The van der Waals surface area contributed by atoms with Gasteiger partial charge in [0.2, 0.25) is 0 Å². The summed E-state index contributed by atoms with van der Waals surface area (Å²) in [5, 5.41) is 21.3. The number of amides is 1. The number of aliphatic carboxylic acids is 2. The standard InChI is InChI=1S/C27H35NO10S/c1-18-5-12-22(13-6-18)39(34,35)37-16-15-36-21-10-7-19(8-11-21)17-20(24(29)30)9-14-23(25(31)32)28-26(33)38-27(2,3)4/h5-8,10-13,20,23H,9,14-17H2,1-4H3,(H,28,33)(H,29,30)(H,31,32). The van der Waals surface area contributed by atoms with E-state index in [-0.39, 0.29) is 37.4 Å². The van der Waals surface area contributed by atoms with E-state index < -0.39 is 45.7 Å². The second-order valence-electron chi connectivity index (χ2n) is 9.94. The number of benzene rings is 2. The molecule has 2 rings (SSSR count). The predicted molar refractivity (Wildman–Crippen MR) is 141 cm³/mol. The summed E-state index contributed by atoms with van der Waals surface area (Å²) in [6.07, 6.45) is -0.854. The molecule has 11 nitrogen and oxygen atoms in total. The van der Waals surface area contributed by atoms with Gasteiger partial charge in [-0.3, -0.25) is 8.98 Å². The Morgan fingerprint density at radius 2 is 1.51 bits per heavy atom. The van der Waals surface area contributed by atoms with Crippen molar-refractivity contribution in [3.05, 3.63) is 59.7 Å². The second kappa shape index (κ2) is 13.9. The summed E-state index contributed by atoms with van der Waals surface area (Å²) in [5.74, 6) is -2.83. The van der Waals surface area contributed by atoms with E-state index in [0.29, 0.717) is 11.3 Å². The lowest BCUT2D eigenvalue weighted by molar-refractivity contribution is -0.143. The molecule has 0 saturated carbocycles. The molecule has 0 bridgehead atoms. The predicted octanol–water partition coefficient (Wildman–Crippen LogP) is 3.78. The van der Waals surface area contributed by atoms with Crippen molar-refractivity contribution in [3.8, 4) is 5.75 Å². The van der Waals surface area contributed by atoms with Gasteiger partial charge in [0.1, 0.15) is 30.6 Å². The molecule has 1 amide bonds. The van der Waals surface area contributed by atoms with Gasteiger partial charge < -0.3 is 25.0 Å². The molecule has 0 spiro atoms. The molecule has 2 aromatic rings. The maximum atomic E-state index is 12.2. The number of carbonyl (C=O) groups is 3. The Hall–Kier alpha value is -3.64. The highest BCUT2D eigenvalue weighted by Gasteiger charge is 2.27. The van der Waals surface area contributed by atoms with Crippen molar-refractivity contribution in [2.24, 2.45) is 5.92 Å². The zero-order valence-electron chi connectivity index (χ0n) is 22.4. The van der Waals surface area contributed by atoms with E-state index in [2.05, 4.69) is 5.32 Å². The number of nitrogens with one attached hydrogen (secondary N) is 1. The molecular formula is C27H35NO10S. The highest BCUT2D eigenvalue weighted by Crippen LogP contribution is 2.20. The van der Waals surface area contributed by atoms with E-state index in [0.717, 1.165) is 5.56 Å². The quantitative estimate of drug-likeness (QED) is 0.227. The fraction of sp³-hybridized carbons (Fsp3) is 0.444. The van der Waals surface area contributed by atoms with Crippen molar-refractivity contribution in [2.75, 3.05) is 13.2 Å². The topological polar surface area (TPSA) is 166 Å². The first-order chi connectivity index (χ1) is 18.2. The molecule has 3 N–H and O–H groups in total. The lowest BCUT2D eigenvalue weighted by Crippen LogP contribution is -2.43. The van der Waals surface area contributed by atoms with Crippen LogP contribution in [0.1, 0.15) is 44.7 Å². The largest absolute Gasteiger partial charge is 0.491 e. The molecule has 39 heavy (non-hydrogen) atoms. The molecule has 0 aliphatic rings. The minimum absolute atomic E-state index is 0.00709. The molecule has 0 radical (unpaired) electrons. The van der Waals surface area contributed by atoms with Crippen molar-refractivity contribution in [1.82, 2.24) is 5.32 Å². The number of hydrogen-bond acceptors (Lipinski definition) is 8. The van der Waals surface area contributed by atoms with Gasteiger partial charge in [-0.05, 0) is 76.8 Å². The van der Waals surface area contributed by atoms with Crippen LogP contribution in [0.3, 0.4) is 0 Å². The van der Waals surface area contributed by atoms with Gasteiger partial charge >= 0.3 is 18.0 Å². The highest BCUT2D eigenvalue weighted by molar-refractivity contribution is 7.86. The highest BCUT2D eigenvalue weighted by atomic mass is 32.2. The van der Waals surface area contributed by atoms with E-state index in [1.807, 2.05) is 6.92 Å². The number of rotatable bonds is 14. The number of alkyl carbamates (subject to hydrolysis) is 1. The molecule has 0 heterocycles. The summed E-state index contributed by atoms with van der Waals surface area (Å²) in [5.41, 5.74) is 0.800. The molecule has 2 unspecified atom stereocenters. The molecule has 0 saturated heterocycles. The van der Waals surface area contributed by atoms with Gasteiger partial charge in [0, 0.05) is 0 Å². The summed E-state index contributed by atoms with van der Waals surface area (Å²) >= 11 is 0. The number of hydrogen-bond donors (Lipinski definition) is 3. The summed E-state index contributed by atoms with van der Waals surface area (Å²) in [4.78, 5) is 35.3. The Kier molecular flexibility index (Phi) is 11.3. The second-order valence-corrected chi connectivity index (χ2v) is 11.6. The van der Waals surface area contributed by atoms with Gasteiger partial charge in [-0.1, -0.05) is 29.8 Å². The van der Waals surface area contributed by atoms with Crippen molar-refractivity contribution in [2.45, 2.75) is 63.5 Å². The molecule has 0 aliphatic carbocycles. The zero-order chi connectivity index (χ0) is 29.2. The van der Waals surface area contributed by atoms with E-state index in [1.54, 1.807) is 57.2 Å². The Morgan fingerprint density at radius 3 is 2.05 bits per heavy atom. The summed E-state index contributed by atoms with van der Waals surface area (Å²) in [6.45, 7) is 6.56. The van der Waals surface area contributed by atoms with Crippen LogP contribution >= 0.6 is 0 Å². The molecular weight excluding hydrogens is 530 g/mol. The summed E-state index contributed by atoms with van der Waals surface area (Å²) in [7, 11) is -3.89. The van der Waals surface area contributed by atoms with Gasteiger partial charge in [0.15, 0.2) is 0 Å². The van der Waals surface area contributed by atoms with E-state index in [1.165, 1.54) is 12.1 Å². The van der Waals surface area contributed by atoms with Gasteiger partial charge in [-0.15, -0.1) is 0 Å². The smallest absolute Gasteiger partial charge is 0.408 e. The molecule has 0 aliphatic heterocycles. The summed E-state index contributed by atoms with van der Waals surface area (Å²) < 4.78 is 40.0. The van der Waals surface area contributed by atoms with Crippen LogP contribution in [0.25, 0.3) is 0 Å². The maximum absolute atomic E-state index is 12.2. The number of carboxylic acid groups (broad SMARTS) is 2. The average molecular weight is 566 g/mol. The number of carbonyl (C=O) groups excluding carboxylic acids is 1. The van der Waals surface area contributed by atoms with Crippen LogP contribution in [0, 0.1) is 12.8 Å². The third-order valence-corrected chi connectivity index (χ3v) is 6.77. The van der Waals surface area contributed by atoms with Gasteiger partial charge in [-0.25, -0.2) is 9.59 Å². The van der Waals surface area contributed by atoms with Crippen LogP contribution in [0.2, 0.25) is 0 Å². The number of aryl methyl sites for hydroxylation is 1. The third-order valence-electron chi connectivity index (χ3n) is 5.45. The minimum Gasteiger partial charge on any atom is -0.491 e. The summed E-state index contributed by atoms with van der Waals surface area (Å²) in [6, 6.07) is 11.6. The van der Waals surface area contributed by atoms with Crippen LogP contribution in [-0.2, 0) is 35.0 Å². The fourth-order valence-electron chi connectivity index (χ4n) is 3.47.